The monoisotopic (exact) mass is 423 g/mol. The molecule has 0 radical (unpaired) electrons. The molecular weight excluding hydrogens is 405 g/mol. The molecule has 5 nitrogen and oxygen atoms in total. The Hall–Kier alpha value is -3.09. The predicted octanol–water partition coefficient (Wildman–Crippen LogP) is 4.51. The molecule has 0 unspecified atom stereocenters. The van der Waals surface area contributed by atoms with Crippen LogP contribution in [-0.2, 0) is 13.1 Å². The molecule has 1 aliphatic heterocycles. The lowest BCUT2D eigenvalue weighted by Crippen LogP contribution is -2.25. The van der Waals surface area contributed by atoms with Crippen LogP contribution in [0.4, 0.5) is 4.39 Å². The van der Waals surface area contributed by atoms with E-state index in [0.717, 1.165) is 34.3 Å². The minimum atomic E-state index is -0.258. The number of nitrogens with zero attached hydrogens (tertiary/aromatic N) is 2. The van der Waals surface area contributed by atoms with Crippen molar-refractivity contribution in [1.82, 2.24) is 14.5 Å². The summed E-state index contributed by atoms with van der Waals surface area (Å²) < 4.78 is 21.5. The van der Waals surface area contributed by atoms with E-state index >= 15 is 0 Å². The van der Waals surface area contributed by atoms with Gasteiger partial charge in [0.2, 0.25) is 5.56 Å². The Bertz CT molecular complexity index is 1280. The summed E-state index contributed by atoms with van der Waals surface area (Å²) in [4.78, 5) is 16.3. The topological polar surface area (TPSA) is 50.3 Å². The standard InChI is InChI=1S/C23H19ClFN3O2/c24-20-11-19(28-6-5-16-9-18(25)2-3-21(16)28)10-17-14-27(7-8-30-23(17)20)13-15-1-4-22(29)26-12-15/h1-6,9-12H,7-8,13-14H2,(H,26,29). The number of H-pyrrole nitrogens is 1. The Morgan fingerprint density at radius 3 is 2.87 bits per heavy atom. The molecule has 0 bridgehead atoms. The summed E-state index contributed by atoms with van der Waals surface area (Å²) in [5.41, 5.74) is 3.71. The first-order valence-corrected chi connectivity index (χ1v) is 10.1. The van der Waals surface area contributed by atoms with Gasteiger partial charge in [0.1, 0.15) is 18.2 Å². The van der Waals surface area contributed by atoms with E-state index in [0.29, 0.717) is 30.5 Å². The Morgan fingerprint density at radius 2 is 2.03 bits per heavy atom. The van der Waals surface area contributed by atoms with Crippen LogP contribution in [-0.4, -0.2) is 27.6 Å². The third-order valence-electron chi connectivity index (χ3n) is 5.34. The Morgan fingerprint density at radius 1 is 1.13 bits per heavy atom. The average Bonchev–Trinajstić information content (AvgIpc) is 3.02. The smallest absolute Gasteiger partial charge is 0.247 e. The molecule has 5 rings (SSSR count). The number of hydrogen-bond donors (Lipinski definition) is 1. The van der Waals surface area contributed by atoms with E-state index in [1.54, 1.807) is 12.3 Å². The van der Waals surface area contributed by atoms with E-state index in [1.165, 1.54) is 18.2 Å². The average molecular weight is 424 g/mol. The highest BCUT2D eigenvalue weighted by Crippen LogP contribution is 2.35. The van der Waals surface area contributed by atoms with Crippen molar-refractivity contribution < 1.29 is 9.13 Å². The molecule has 0 saturated carbocycles. The van der Waals surface area contributed by atoms with Gasteiger partial charge >= 0.3 is 0 Å². The summed E-state index contributed by atoms with van der Waals surface area (Å²) in [6.45, 7) is 2.62. The maximum atomic E-state index is 13.6. The zero-order valence-electron chi connectivity index (χ0n) is 16.1. The maximum absolute atomic E-state index is 13.6. The van der Waals surface area contributed by atoms with Crippen molar-refractivity contribution in [1.29, 1.82) is 0 Å². The highest BCUT2D eigenvalue weighted by molar-refractivity contribution is 6.32. The van der Waals surface area contributed by atoms with Crippen LogP contribution in [0.15, 0.2) is 65.7 Å². The Labute approximate surface area is 177 Å². The van der Waals surface area contributed by atoms with E-state index in [-0.39, 0.29) is 11.4 Å². The fourth-order valence-corrected chi connectivity index (χ4v) is 4.21. The van der Waals surface area contributed by atoms with E-state index in [2.05, 4.69) is 16.0 Å². The number of benzene rings is 2. The number of nitrogens with one attached hydrogen (secondary N) is 1. The molecule has 152 valence electrons. The summed E-state index contributed by atoms with van der Waals surface area (Å²) >= 11 is 6.58. The number of rotatable bonds is 3. The first-order chi connectivity index (χ1) is 14.6. The van der Waals surface area contributed by atoms with E-state index in [1.807, 2.05) is 29.0 Å². The molecule has 1 N–H and O–H groups in total. The molecule has 4 aromatic rings. The third kappa shape index (κ3) is 3.60. The maximum Gasteiger partial charge on any atom is 0.247 e. The van der Waals surface area contributed by atoms with Crippen LogP contribution >= 0.6 is 11.6 Å². The number of pyridine rings is 1. The largest absolute Gasteiger partial charge is 0.490 e. The first kappa shape index (κ1) is 18.9. The fourth-order valence-electron chi connectivity index (χ4n) is 3.92. The molecule has 0 atom stereocenters. The number of fused-ring (bicyclic) bond motifs is 2. The van der Waals surface area contributed by atoms with Gasteiger partial charge in [0.05, 0.1) is 10.5 Å². The predicted molar refractivity (Wildman–Crippen MR) is 115 cm³/mol. The highest BCUT2D eigenvalue weighted by Gasteiger charge is 2.20. The summed E-state index contributed by atoms with van der Waals surface area (Å²) in [6.07, 6.45) is 3.65. The Balaban J connectivity index is 1.50. The zero-order valence-corrected chi connectivity index (χ0v) is 16.8. The molecule has 0 saturated heterocycles. The molecule has 2 aromatic heterocycles. The van der Waals surface area contributed by atoms with Crippen molar-refractivity contribution in [3.8, 4) is 11.4 Å². The van der Waals surface area contributed by atoms with Gasteiger partial charge < -0.3 is 14.3 Å². The molecule has 30 heavy (non-hydrogen) atoms. The van der Waals surface area contributed by atoms with Gasteiger partial charge in [0.25, 0.3) is 0 Å². The SMILES string of the molecule is O=c1ccc(CN2CCOc3c(Cl)cc(-n4ccc5cc(F)ccc54)cc3C2)c[nH]1. The summed E-state index contributed by atoms with van der Waals surface area (Å²) in [7, 11) is 0. The van der Waals surface area contributed by atoms with Crippen molar-refractivity contribution in [2.45, 2.75) is 13.1 Å². The molecule has 0 spiro atoms. The fraction of sp³-hybridized carbons (Fsp3) is 0.174. The van der Waals surface area contributed by atoms with Crippen molar-refractivity contribution in [2.75, 3.05) is 13.2 Å². The lowest BCUT2D eigenvalue weighted by molar-refractivity contribution is 0.219. The van der Waals surface area contributed by atoms with Crippen molar-refractivity contribution in [3.05, 3.63) is 93.2 Å². The second-order valence-corrected chi connectivity index (χ2v) is 7.83. The van der Waals surface area contributed by atoms with Crippen LogP contribution in [0.1, 0.15) is 11.1 Å². The second-order valence-electron chi connectivity index (χ2n) is 7.43. The van der Waals surface area contributed by atoms with Crippen LogP contribution in [0.2, 0.25) is 5.02 Å². The van der Waals surface area contributed by atoms with E-state index < -0.39 is 0 Å². The minimum absolute atomic E-state index is 0.112. The molecule has 0 amide bonds. The first-order valence-electron chi connectivity index (χ1n) is 9.69. The minimum Gasteiger partial charge on any atom is -0.490 e. The van der Waals surface area contributed by atoms with E-state index in [9.17, 15) is 9.18 Å². The van der Waals surface area contributed by atoms with Gasteiger partial charge in [0.15, 0.2) is 0 Å². The van der Waals surface area contributed by atoms with Gasteiger partial charge in [-0.05, 0) is 42.0 Å². The van der Waals surface area contributed by atoms with Gasteiger partial charge in [-0.3, -0.25) is 9.69 Å². The summed E-state index contributed by atoms with van der Waals surface area (Å²) in [5.74, 6) is 0.443. The normalized spacial score (nSPS) is 14.3. The molecule has 7 heteroatoms. The lowest BCUT2D eigenvalue weighted by atomic mass is 10.1. The van der Waals surface area contributed by atoms with Crippen LogP contribution in [0, 0.1) is 5.82 Å². The summed E-state index contributed by atoms with van der Waals surface area (Å²) in [6, 6.07) is 13.9. The number of hydrogen-bond acceptors (Lipinski definition) is 3. The zero-order chi connectivity index (χ0) is 20.7. The second kappa shape index (κ2) is 7.63. The lowest BCUT2D eigenvalue weighted by Gasteiger charge is -2.19. The van der Waals surface area contributed by atoms with Gasteiger partial charge in [-0.15, -0.1) is 0 Å². The molecule has 0 fully saturated rings. The quantitative estimate of drug-likeness (QED) is 0.527. The molecule has 3 heterocycles. The number of aromatic amines is 1. The molecule has 0 aliphatic carbocycles. The number of aromatic nitrogens is 2. The van der Waals surface area contributed by atoms with Gasteiger partial charge in [-0.1, -0.05) is 17.7 Å². The van der Waals surface area contributed by atoms with Gasteiger partial charge in [0, 0.05) is 54.7 Å². The Kier molecular flexibility index (Phi) is 4.81. The molecule has 2 aromatic carbocycles. The summed E-state index contributed by atoms with van der Waals surface area (Å²) in [5, 5.41) is 1.38. The van der Waals surface area contributed by atoms with Crippen LogP contribution in [0.3, 0.4) is 0 Å². The highest BCUT2D eigenvalue weighted by atomic mass is 35.5. The van der Waals surface area contributed by atoms with Crippen LogP contribution in [0.5, 0.6) is 5.75 Å². The number of ether oxygens (including phenoxy) is 1. The van der Waals surface area contributed by atoms with Gasteiger partial charge in [-0.2, -0.15) is 0 Å². The molecular formula is C23H19ClFN3O2. The van der Waals surface area contributed by atoms with Crippen LogP contribution < -0.4 is 10.3 Å². The third-order valence-corrected chi connectivity index (χ3v) is 5.62. The molecule has 1 aliphatic rings. The van der Waals surface area contributed by atoms with Crippen LogP contribution in [0.25, 0.3) is 16.6 Å². The van der Waals surface area contributed by atoms with E-state index in [4.69, 9.17) is 16.3 Å². The van der Waals surface area contributed by atoms with Crippen molar-refractivity contribution in [2.24, 2.45) is 0 Å². The van der Waals surface area contributed by atoms with Crippen molar-refractivity contribution >= 4 is 22.5 Å². The number of halogens is 2. The van der Waals surface area contributed by atoms with Crippen molar-refractivity contribution in [3.63, 3.8) is 0 Å². The van der Waals surface area contributed by atoms with Gasteiger partial charge in [-0.25, -0.2) is 4.39 Å².